The average Bonchev–Trinajstić information content (AvgIpc) is 2.68. The molecule has 1 aromatic heterocycles. The molecule has 1 aliphatic heterocycles. The van der Waals surface area contributed by atoms with Gasteiger partial charge in [-0.1, -0.05) is 12.1 Å². The standard InChI is InChI=1S/C19H26N6O2/c1-25(2)19-23-15-12-20-10-8-13(15)18(24-19)21-11-9-17(26)22-14-6-4-5-7-16(14)27-3/h4-7,20H,8-12H2,1-3H3,(H,22,26)(H,21,23,24). The average molecular weight is 370 g/mol. The van der Waals surface area contributed by atoms with Crippen LogP contribution in [0.3, 0.4) is 0 Å². The maximum Gasteiger partial charge on any atom is 0.227 e. The molecular formula is C19H26N6O2. The van der Waals surface area contributed by atoms with Crippen LogP contribution in [0.5, 0.6) is 5.75 Å². The van der Waals surface area contributed by atoms with Gasteiger partial charge >= 0.3 is 0 Å². The number of carbonyl (C=O) groups excluding carboxylic acids is 1. The maximum absolute atomic E-state index is 12.3. The van der Waals surface area contributed by atoms with Gasteiger partial charge in [0.2, 0.25) is 11.9 Å². The van der Waals surface area contributed by atoms with Crippen molar-refractivity contribution >= 4 is 23.4 Å². The minimum atomic E-state index is -0.0792. The van der Waals surface area contributed by atoms with Gasteiger partial charge in [-0.15, -0.1) is 0 Å². The summed E-state index contributed by atoms with van der Waals surface area (Å²) in [6, 6.07) is 7.37. The van der Waals surface area contributed by atoms with Crippen molar-refractivity contribution in [3.63, 3.8) is 0 Å². The number of fused-ring (bicyclic) bond motifs is 1. The van der Waals surface area contributed by atoms with E-state index in [-0.39, 0.29) is 5.91 Å². The van der Waals surface area contributed by atoms with E-state index in [9.17, 15) is 4.79 Å². The second kappa shape index (κ2) is 8.68. The van der Waals surface area contributed by atoms with Crippen molar-refractivity contribution in [2.45, 2.75) is 19.4 Å². The smallest absolute Gasteiger partial charge is 0.227 e. The normalized spacial score (nSPS) is 12.9. The molecule has 0 spiro atoms. The fourth-order valence-electron chi connectivity index (χ4n) is 2.95. The lowest BCUT2D eigenvalue weighted by Gasteiger charge is -2.22. The minimum absolute atomic E-state index is 0.0792. The lowest BCUT2D eigenvalue weighted by Crippen LogP contribution is -2.28. The van der Waals surface area contributed by atoms with Crippen LogP contribution in [0, 0.1) is 0 Å². The van der Waals surface area contributed by atoms with E-state index in [0.717, 1.165) is 36.6 Å². The molecule has 1 aromatic carbocycles. The number of benzene rings is 1. The summed E-state index contributed by atoms with van der Waals surface area (Å²) in [4.78, 5) is 23.4. The molecular weight excluding hydrogens is 344 g/mol. The predicted octanol–water partition coefficient (Wildman–Crippen LogP) is 1.64. The summed E-state index contributed by atoms with van der Waals surface area (Å²) in [6.45, 7) is 2.13. The highest BCUT2D eigenvalue weighted by Gasteiger charge is 2.18. The Bertz CT molecular complexity index is 809. The van der Waals surface area contributed by atoms with Crippen LogP contribution in [0.2, 0.25) is 0 Å². The predicted molar refractivity (Wildman–Crippen MR) is 107 cm³/mol. The third-order valence-corrected chi connectivity index (χ3v) is 4.35. The highest BCUT2D eigenvalue weighted by atomic mass is 16.5. The van der Waals surface area contributed by atoms with Gasteiger partial charge in [0.25, 0.3) is 0 Å². The molecule has 0 radical (unpaired) electrons. The Kier molecular flexibility index (Phi) is 6.08. The SMILES string of the molecule is COc1ccccc1NC(=O)CCNc1nc(N(C)C)nc2c1CCNC2. The lowest BCUT2D eigenvalue weighted by molar-refractivity contribution is -0.116. The largest absolute Gasteiger partial charge is 0.495 e. The number of hydrogen-bond donors (Lipinski definition) is 3. The van der Waals surface area contributed by atoms with Crippen molar-refractivity contribution < 1.29 is 9.53 Å². The molecule has 2 heterocycles. The summed E-state index contributed by atoms with van der Waals surface area (Å²) >= 11 is 0. The quantitative estimate of drug-likeness (QED) is 0.682. The Morgan fingerprint density at radius 3 is 2.89 bits per heavy atom. The first kappa shape index (κ1) is 18.9. The van der Waals surface area contributed by atoms with Crippen LogP contribution in [-0.2, 0) is 17.8 Å². The summed E-state index contributed by atoms with van der Waals surface area (Å²) in [7, 11) is 5.42. The molecule has 3 rings (SSSR count). The second-order valence-electron chi connectivity index (χ2n) is 6.54. The molecule has 0 bridgehead atoms. The number of rotatable bonds is 7. The third-order valence-electron chi connectivity index (χ3n) is 4.35. The van der Waals surface area contributed by atoms with Crippen molar-refractivity contribution in [2.75, 3.05) is 49.8 Å². The molecule has 0 fully saturated rings. The second-order valence-corrected chi connectivity index (χ2v) is 6.54. The fraction of sp³-hybridized carbons (Fsp3) is 0.421. The highest BCUT2D eigenvalue weighted by molar-refractivity contribution is 5.92. The van der Waals surface area contributed by atoms with Crippen molar-refractivity contribution in [1.82, 2.24) is 15.3 Å². The van der Waals surface area contributed by atoms with Crippen LogP contribution in [0.15, 0.2) is 24.3 Å². The number of methoxy groups -OCH3 is 1. The number of para-hydroxylation sites is 2. The van der Waals surface area contributed by atoms with E-state index < -0.39 is 0 Å². The molecule has 0 aliphatic carbocycles. The molecule has 1 aliphatic rings. The molecule has 144 valence electrons. The third kappa shape index (κ3) is 4.65. The van der Waals surface area contributed by atoms with Gasteiger partial charge in [-0.05, 0) is 25.1 Å². The number of hydrogen-bond acceptors (Lipinski definition) is 7. The van der Waals surface area contributed by atoms with Crippen molar-refractivity contribution in [3.05, 3.63) is 35.5 Å². The summed E-state index contributed by atoms with van der Waals surface area (Å²) in [5.41, 5.74) is 2.82. The Morgan fingerprint density at radius 1 is 1.30 bits per heavy atom. The zero-order chi connectivity index (χ0) is 19.2. The van der Waals surface area contributed by atoms with E-state index in [1.165, 1.54) is 0 Å². The Morgan fingerprint density at radius 2 is 2.11 bits per heavy atom. The minimum Gasteiger partial charge on any atom is -0.495 e. The van der Waals surface area contributed by atoms with Gasteiger partial charge in [0.15, 0.2) is 0 Å². The van der Waals surface area contributed by atoms with E-state index in [2.05, 4.69) is 25.9 Å². The zero-order valence-corrected chi connectivity index (χ0v) is 16.0. The van der Waals surface area contributed by atoms with Crippen molar-refractivity contribution in [2.24, 2.45) is 0 Å². The van der Waals surface area contributed by atoms with Gasteiger partial charge < -0.3 is 25.6 Å². The summed E-state index contributed by atoms with van der Waals surface area (Å²) < 4.78 is 5.26. The lowest BCUT2D eigenvalue weighted by atomic mass is 10.1. The van der Waals surface area contributed by atoms with E-state index >= 15 is 0 Å². The molecule has 0 saturated heterocycles. The molecule has 0 atom stereocenters. The van der Waals surface area contributed by atoms with Crippen molar-refractivity contribution in [1.29, 1.82) is 0 Å². The monoisotopic (exact) mass is 370 g/mol. The van der Waals surface area contributed by atoms with Crippen LogP contribution < -0.4 is 25.6 Å². The van der Waals surface area contributed by atoms with Gasteiger partial charge in [-0.25, -0.2) is 4.98 Å². The van der Waals surface area contributed by atoms with Gasteiger partial charge in [0.05, 0.1) is 18.5 Å². The number of nitrogens with zero attached hydrogens (tertiary/aromatic N) is 3. The van der Waals surface area contributed by atoms with Gasteiger partial charge in [-0.2, -0.15) is 4.98 Å². The molecule has 27 heavy (non-hydrogen) atoms. The van der Waals surface area contributed by atoms with E-state index in [4.69, 9.17) is 4.74 Å². The number of ether oxygens (including phenoxy) is 1. The fourth-order valence-corrected chi connectivity index (χ4v) is 2.95. The molecule has 2 aromatic rings. The maximum atomic E-state index is 12.3. The van der Waals surface area contributed by atoms with E-state index in [1.54, 1.807) is 7.11 Å². The first-order valence-corrected chi connectivity index (χ1v) is 9.03. The number of amides is 1. The summed E-state index contributed by atoms with van der Waals surface area (Å²) in [6.07, 6.45) is 1.20. The number of aromatic nitrogens is 2. The Hall–Kier alpha value is -2.87. The Balaban J connectivity index is 1.63. The van der Waals surface area contributed by atoms with E-state index in [1.807, 2.05) is 43.3 Å². The van der Waals surface area contributed by atoms with Crippen LogP contribution in [0.1, 0.15) is 17.7 Å². The molecule has 0 unspecified atom stereocenters. The van der Waals surface area contributed by atoms with Crippen LogP contribution >= 0.6 is 0 Å². The van der Waals surface area contributed by atoms with Gasteiger partial charge in [-0.3, -0.25) is 4.79 Å². The highest BCUT2D eigenvalue weighted by Crippen LogP contribution is 2.24. The number of nitrogens with one attached hydrogen (secondary N) is 3. The van der Waals surface area contributed by atoms with Crippen molar-refractivity contribution in [3.8, 4) is 5.75 Å². The number of anilines is 3. The Labute approximate surface area is 159 Å². The molecule has 8 nitrogen and oxygen atoms in total. The first-order chi connectivity index (χ1) is 13.1. The van der Waals surface area contributed by atoms with Crippen LogP contribution in [0.25, 0.3) is 0 Å². The van der Waals surface area contributed by atoms with E-state index in [0.29, 0.717) is 30.4 Å². The van der Waals surface area contributed by atoms with Gasteiger partial charge in [0.1, 0.15) is 11.6 Å². The molecule has 3 N–H and O–H groups in total. The zero-order valence-electron chi connectivity index (χ0n) is 16.0. The van der Waals surface area contributed by atoms with Crippen LogP contribution in [-0.4, -0.2) is 50.2 Å². The topological polar surface area (TPSA) is 91.4 Å². The van der Waals surface area contributed by atoms with Crippen LogP contribution in [0.4, 0.5) is 17.5 Å². The number of carbonyl (C=O) groups is 1. The first-order valence-electron chi connectivity index (χ1n) is 9.03. The molecule has 0 saturated carbocycles. The summed E-state index contributed by atoms with van der Waals surface area (Å²) in [5, 5.41) is 9.53. The molecule has 8 heteroatoms. The van der Waals surface area contributed by atoms with Gasteiger partial charge in [0, 0.05) is 39.2 Å². The summed E-state index contributed by atoms with van der Waals surface area (Å²) in [5.74, 6) is 2.05. The molecule has 1 amide bonds.